The van der Waals surface area contributed by atoms with Gasteiger partial charge in [-0.1, -0.05) is 32.4 Å². The number of rotatable bonds is 12. The number of benzene rings is 1. The van der Waals surface area contributed by atoms with E-state index in [2.05, 4.69) is 23.8 Å². The number of amides is 2. The molecular weight excluding hydrogens is 416 g/mol. The van der Waals surface area contributed by atoms with Gasteiger partial charge in [-0.2, -0.15) is 0 Å². The van der Waals surface area contributed by atoms with Crippen LogP contribution < -0.4 is 5.56 Å². The quantitative estimate of drug-likeness (QED) is 0.528. The van der Waals surface area contributed by atoms with E-state index in [1.54, 1.807) is 23.1 Å². The third-order valence-electron chi connectivity index (χ3n) is 5.03. The summed E-state index contributed by atoms with van der Waals surface area (Å²) >= 11 is 6.03. The van der Waals surface area contributed by atoms with Gasteiger partial charge in [0.15, 0.2) is 0 Å². The fourth-order valence-electron chi connectivity index (χ4n) is 3.59. The molecule has 170 valence electrons. The van der Waals surface area contributed by atoms with Crippen molar-refractivity contribution in [2.75, 3.05) is 19.6 Å². The molecule has 0 saturated heterocycles. The van der Waals surface area contributed by atoms with E-state index in [-0.39, 0.29) is 23.9 Å². The molecule has 7 nitrogen and oxygen atoms in total. The van der Waals surface area contributed by atoms with Gasteiger partial charge >= 0.3 is 0 Å². The number of hydrogen-bond donors (Lipinski definition) is 1. The molecule has 31 heavy (non-hydrogen) atoms. The van der Waals surface area contributed by atoms with Crippen molar-refractivity contribution in [1.82, 2.24) is 19.8 Å². The molecule has 1 heterocycles. The van der Waals surface area contributed by atoms with Crippen molar-refractivity contribution >= 4 is 34.3 Å². The summed E-state index contributed by atoms with van der Waals surface area (Å²) in [4.78, 5) is 48.4. The molecule has 0 aliphatic carbocycles. The van der Waals surface area contributed by atoms with Crippen molar-refractivity contribution < 1.29 is 9.59 Å². The Bertz CT molecular complexity index is 938. The van der Waals surface area contributed by atoms with Crippen LogP contribution >= 0.6 is 11.6 Å². The monoisotopic (exact) mass is 448 g/mol. The number of carbonyl (C=O) groups excluding carboxylic acids is 2. The average Bonchev–Trinajstić information content (AvgIpc) is 2.72. The SMILES string of the molecule is CCCN(CCC)C(=O)CCCC(=O)N(CCC)Cc1nc2cc(Cl)ccc2c(=O)[nH]1. The van der Waals surface area contributed by atoms with Crippen molar-refractivity contribution in [2.45, 2.75) is 65.8 Å². The van der Waals surface area contributed by atoms with Gasteiger partial charge in [-0.15, -0.1) is 0 Å². The minimum absolute atomic E-state index is 0.0407. The van der Waals surface area contributed by atoms with Crippen molar-refractivity contribution in [2.24, 2.45) is 0 Å². The fourth-order valence-corrected chi connectivity index (χ4v) is 3.75. The summed E-state index contributed by atoms with van der Waals surface area (Å²) in [7, 11) is 0. The standard InChI is InChI=1S/C23H33ClN4O3/c1-4-12-27(13-5-2)21(29)8-7-9-22(30)28(14-6-3)16-20-25-19-15-17(24)10-11-18(19)23(31)26-20/h10-11,15H,4-9,12-14,16H2,1-3H3,(H,25,26,31). The Morgan fingerprint density at radius 3 is 2.16 bits per heavy atom. The highest BCUT2D eigenvalue weighted by Gasteiger charge is 2.17. The third-order valence-corrected chi connectivity index (χ3v) is 5.26. The molecule has 0 aliphatic rings. The highest BCUT2D eigenvalue weighted by Crippen LogP contribution is 2.15. The lowest BCUT2D eigenvalue weighted by molar-refractivity contribution is -0.133. The minimum Gasteiger partial charge on any atom is -0.343 e. The first-order valence-corrected chi connectivity index (χ1v) is 11.5. The van der Waals surface area contributed by atoms with Crippen molar-refractivity contribution in [1.29, 1.82) is 0 Å². The second-order valence-corrected chi connectivity index (χ2v) is 8.16. The van der Waals surface area contributed by atoms with E-state index in [0.29, 0.717) is 47.6 Å². The van der Waals surface area contributed by atoms with Crippen LogP contribution in [0.3, 0.4) is 0 Å². The number of aromatic amines is 1. The van der Waals surface area contributed by atoms with Crippen molar-refractivity contribution in [3.8, 4) is 0 Å². The van der Waals surface area contributed by atoms with E-state index >= 15 is 0 Å². The highest BCUT2D eigenvalue weighted by molar-refractivity contribution is 6.31. The molecule has 8 heteroatoms. The minimum atomic E-state index is -0.252. The normalized spacial score (nSPS) is 11.0. The second kappa shape index (κ2) is 12.4. The molecule has 0 radical (unpaired) electrons. The predicted molar refractivity (Wildman–Crippen MR) is 124 cm³/mol. The van der Waals surface area contributed by atoms with Gasteiger partial charge < -0.3 is 14.8 Å². The van der Waals surface area contributed by atoms with E-state index in [0.717, 1.165) is 32.4 Å². The van der Waals surface area contributed by atoms with Gasteiger partial charge in [-0.3, -0.25) is 14.4 Å². The lowest BCUT2D eigenvalue weighted by Crippen LogP contribution is -2.34. The Balaban J connectivity index is 2.01. The molecule has 1 aromatic heterocycles. The molecule has 0 fully saturated rings. The molecule has 2 amide bonds. The van der Waals surface area contributed by atoms with Gasteiger partial charge in [0.2, 0.25) is 11.8 Å². The molecule has 1 N–H and O–H groups in total. The van der Waals surface area contributed by atoms with Crippen molar-refractivity contribution in [3.05, 3.63) is 39.4 Å². The Hall–Kier alpha value is -2.41. The van der Waals surface area contributed by atoms with Gasteiger partial charge in [-0.25, -0.2) is 4.98 Å². The van der Waals surface area contributed by atoms with Gasteiger partial charge in [0.25, 0.3) is 5.56 Å². The molecule has 0 bridgehead atoms. The fraction of sp³-hybridized carbons (Fsp3) is 0.565. The van der Waals surface area contributed by atoms with Crippen LogP contribution in [0.1, 0.15) is 65.1 Å². The maximum Gasteiger partial charge on any atom is 0.258 e. The van der Waals surface area contributed by atoms with E-state index in [9.17, 15) is 14.4 Å². The summed E-state index contributed by atoms with van der Waals surface area (Å²) in [6.07, 6.45) is 3.82. The summed E-state index contributed by atoms with van der Waals surface area (Å²) in [5.74, 6) is 0.492. The van der Waals surface area contributed by atoms with Crippen LogP contribution in [0.15, 0.2) is 23.0 Å². The largest absolute Gasteiger partial charge is 0.343 e. The first-order chi connectivity index (χ1) is 14.9. The summed E-state index contributed by atoms with van der Waals surface area (Å²) in [6, 6.07) is 4.93. The van der Waals surface area contributed by atoms with E-state index < -0.39 is 0 Å². The van der Waals surface area contributed by atoms with Crippen LogP contribution in [-0.2, 0) is 16.1 Å². The average molecular weight is 449 g/mol. The van der Waals surface area contributed by atoms with Crippen LogP contribution in [0.5, 0.6) is 0 Å². The van der Waals surface area contributed by atoms with E-state index in [4.69, 9.17) is 11.6 Å². The number of nitrogens with zero attached hydrogens (tertiary/aromatic N) is 3. The number of fused-ring (bicyclic) bond motifs is 1. The van der Waals surface area contributed by atoms with Gasteiger partial charge in [0, 0.05) is 37.5 Å². The smallest absolute Gasteiger partial charge is 0.258 e. The predicted octanol–water partition coefficient (Wildman–Crippen LogP) is 4.13. The number of halogens is 1. The van der Waals surface area contributed by atoms with Crippen LogP contribution in [0, 0.1) is 0 Å². The molecule has 1 aromatic carbocycles. The zero-order valence-electron chi connectivity index (χ0n) is 18.7. The number of carbonyl (C=O) groups is 2. The van der Waals surface area contributed by atoms with Crippen LogP contribution in [0.2, 0.25) is 5.02 Å². The Labute approximate surface area is 188 Å². The van der Waals surface area contributed by atoms with Gasteiger partial charge in [0.1, 0.15) is 5.82 Å². The third kappa shape index (κ3) is 7.35. The molecule has 0 unspecified atom stereocenters. The maximum atomic E-state index is 12.8. The van der Waals surface area contributed by atoms with Gasteiger partial charge in [0.05, 0.1) is 17.4 Å². The van der Waals surface area contributed by atoms with Crippen molar-refractivity contribution in [3.63, 3.8) is 0 Å². The lowest BCUT2D eigenvalue weighted by Gasteiger charge is -2.23. The Morgan fingerprint density at radius 1 is 0.968 bits per heavy atom. The molecule has 2 aromatic rings. The van der Waals surface area contributed by atoms with E-state index in [1.165, 1.54) is 0 Å². The summed E-state index contributed by atoms with van der Waals surface area (Å²) in [6.45, 7) is 8.40. The zero-order valence-corrected chi connectivity index (χ0v) is 19.5. The lowest BCUT2D eigenvalue weighted by atomic mass is 10.2. The Morgan fingerprint density at radius 2 is 1.55 bits per heavy atom. The molecule has 0 saturated carbocycles. The van der Waals surface area contributed by atoms with E-state index in [1.807, 2.05) is 11.8 Å². The first kappa shape index (κ1) is 24.9. The second-order valence-electron chi connectivity index (χ2n) is 7.72. The number of hydrogen-bond acceptors (Lipinski definition) is 4. The molecule has 0 atom stereocenters. The van der Waals surface area contributed by atoms with Crippen LogP contribution in [-0.4, -0.2) is 51.2 Å². The van der Waals surface area contributed by atoms with Crippen LogP contribution in [0.4, 0.5) is 0 Å². The first-order valence-electron chi connectivity index (χ1n) is 11.1. The maximum absolute atomic E-state index is 12.8. The molecule has 0 spiro atoms. The Kier molecular flexibility index (Phi) is 9.98. The topological polar surface area (TPSA) is 86.4 Å². The number of nitrogens with one attached hydrogen (secondary N) is 1. The summed E-state index contributed by atoms with van der Waals surface area (Å²) in [5.41, 5.74) is 0.255. The zero-order chi connectivity index (χ0) is 22.8. The number of H-pyrrole nitrogens is 1. The molecule has 0 aliphatic heterocycles. The van der Waals surface area contributed by atoms with Gasteiger partial charge in [-0.05, 0) is 43.9 Å². The number of aromatic nitrogens is 2. The van der Waals surface area contributed by atoms with Crippen LogP contribution in [0.25, 0.3) is 10.9 Å². The summed E-state index contributed by atoms with van der Waals surface area (Å²) < 4.78 is 0. The summed E-state index contributed by atoms with van der Waals surface area (Å²) in [5, 5.41) is 0.964. The molecule has 2 rings (SSSR count). The highest BCUT2D eigenvalue weighted by atomic mass is 35.5. The molecular formula is C23H33ClN4O3.